The van der Waals surface area contributed by atoms with E-state index in [2.05, 4.69) is 54.6 Å². The van der Waals surface area contributed by atoms with Gasteiger partial charge in [-0.1, -0.05) is 48.5 Å². The van der Waals surface area contributed by atoms with Crippen molar-refractivity contribution < 1.29 is 4.79 Å². The van der Waals surface area contributed by atoms with Crippen molar-refractivity contribution in [2.45, 2.75) is 35.8 Å². The van der Waals surface area contributed by atoms with Gasteiger partial charge in [0.15, 0.2) is 0 Å². The van der Waals surface area contributed by atoms with Crippen molar-refractivity contribution in [1.29, 1.82) is 0 Å². The van der Waals surface area contributed by atoms with E-state index in [0.717, 1.165) is 25.7 Å². The molecule has 0 N–H and O–H groups in total. The third-order valence-corrected chi connectivity index (χ3v) is 5.54. The van der Waals surface area contributed by atoms with Gasteiger partial charge in [0.1, 0.15) is 5.78 Å². The van der Waals surface area contributed by atoms with Gasteiger partial charge in [-0.2, -0.15) is 0 Å². The fourth-order valence-corrected chi connectivity index (χ4v) is 4.37. The van der Waals surface area contributed by atoms with Gasteiger partial charge in [0.05, 0.1) is 0 Å². The SMILES string of the molecule is O=C1CCCC(C(Sc2ccccc2)c2ccccc2)C1. The Kier molecular flexibility index (Phi) is 4.76. The molecule has 0 bridgehead atoms. The smallest absolute Gasteiger partial charge is 0.133 e. The molecule has 1 saturated carbocycles. The zero-order chi connectivity index (χ0) is 14.5. The second-order valence-electron chi connectivity index (χ2n) is 5.66. The molecule has 2 aromatic rings. The first-order chi connectivity index (χ1) is 10.3. The number of carbonyl (C=O) groups is 1. The number of hydrogen-bond acceptors (Lipinski definition) is 2. The summed E-state index contributed by atoms with van der Waals surface area (Å²) in [5, 5.41) is 0.373. The Bertz CT molecular complexity index is 579. The first-order valence-corrected chi connectivity index (χ1v) is 8.49. The number of hydrogen-bond donors (Lipinski definition) is 0. The molecule has 0 radical (unpaired) electrons. The van der Waals surface area contributed by atoms with E-state index in [4.69, 9.17) is 0 Å². The van der Waals surface area contributed by atoms with Crippen LogP contribution >= 0.6 is 11.8 Å². The number of carbonyl (C=O) groups excluding carboxylic acids is 1. The quantitative estimate of drug-likeness (QED) is 0.714. The lowest BCUT2D eigenvalue weighted by atomic mass is 9.83. The van der Waals surface area contributed by atoms with Crippen LogP contribution in [0.1, 0.15) is 36.5 Å². The standard InChI is InChI=1S/C19H20OS/c20-17-11-7-10-16(14-17)19(15-8-3-1-4-9-15)21-18-12-5-2-6-13-18/h1-6,8-9,12-13,16,19H,7,10-11,14H2. The van der Waals surface area contributed by atoms with E-state index < -0.39 is 0 Å². The van der Waals surface area contributed by atoms with Gasteiger partial charge < -0.3 is 0 Å². The van der Waals surface area contributed by atoms with Gasteiger partial charge in [-0.05, 0) is 36.5 Å². The molecule has 0 amide bonds. The van der Waals surface area contributed by atoms with Crippen molar-refractivity contribution in [1.82, 2.24) is 0 Å². The molecule has 1 aliphatic carbocycles. The van der Waals surface area contributed by atoms with E-state index in [1.807, 2.05) is 17.8 Å². The van der Waals surface area contributed by atoms with Crippen molar-refractivity contribution in [2.75, 3.05) is 0 Å². The summed E-state index contributed by atoms with van der Waals surface area (Å²) in [5.74, 6) is 0.889. The maximum absolute atomic E-state index is 11.9. The molecule has 0 aromatic heterocycles. The predicted octanol–water partition coefficient (Wildman–Crippen LogP) is 5.28. The van der Waals surface area contributed by atoms with Crippen LogP contribution in [0.15, 0.2) is 65.6 Å². The van der Waals surface area contributed by atoms with Crippen molar-refractivity contribution in [2.24, 2.45) is 5.92 Å². The van der Waals surface area contributed by atoms with Crippen LogP contribution in [0.4, 0.5) is 0 Å². The monoisotopic (exact) mass is 296 g/mol. The molecule has 0 aliphatic heterocycles. The van der Waals surface area contributed by atoms with E-state index in [1.54, 1.807) is 0 Å². The Labute approximate surface area is 130 Å². The number of Topliss-reactive ketones (excluding diaryl/α,β-unsaturated/α-hetero) is 1. The highest BCUT2D eigenvalue weighted by atomic mass is 32.2. The third kappa shape index (κ3) is 3.76. The summed E-state index contributed by atoms with van der Waals surface area (Å²) in [6.45, 7) is 0. The summed E-state index contributed by atoms with van der Waals surface area (Å²) in [6.07, 6.45) is 3.71. The van der Waals surface area contributed by atoms with Gasteiger partial charge in [-0.15, -0.1) is 11.8 Å². The summed E-state index contributed by atoms with van der Waals surface area (Å²) >= 11 is 1.90. The Balaban J connectivity index is 1.85. The summed E-state index contributed by atoms with van der Waals surface area (Å²) in [4.78, 5) is 13.1. The highest BCUT2D eigenvalue weighted by Gasteiger charge is 2.29. The van der Waals surface area contributed by atoms with Gasteiger partial charge in [-0.3, -0.25) is 4.79 Å². The predicted molar refractivity (Wildman–Crippen MR) is 88.4 cm³/mol. The number of thioether (sulfide) groups is 1. The first-order valence-electron chi connectivity index (χ1n) is 7.61. The van der Waals surface area contributed by atoms with E-state index in [0.29, 0.717) is 17.0 Å². The number of ketones is 1. The van der Waals surface area contributed by atoms with Crippen LogP contribution in [-0.2, 0) is 4.79 Å². The molecule has 2 aromatic carbocycles. The lowest BCUT2D eigenvalue weighted by Gasteiger charge is -2.29. The van der Waals surface area contributed by atoms with E-state index >= 15 is 0 Å². The zero-order valence-electron chi connectivity index (χ0n) is 12.1. The Hall–Kier alpha value is -1.54. The maximum atomic E-state index is 11.9. The molecule has 21 heavy (non-hydrogen) atoms. The molecule has 3 rings (SSSR count). The van der Waals surface area contributed by atoms with Gasteiger partial charge in [-0.25, -0.2) is 0 Å². The van der Waals surface area contributed by atoms with E-state index in [9.17, 15) is 4.79 Å². The van der Waals surface area contributed by atoms with Crippen molar-refractivity contribution in [3.05, 3.63) is 66.2 Å². The fraction of sp³-hybridized carbons (Fsp3) is 0.316. The van der Waals surface area contributed by atoms with Crippen molar-refractivity contribution >= 4 is 17.5 Å². The molecule has 1 nitrogen and oxygen atoms in total. The van der Waals surface area contributed by atoms with Gasteiger partial charge in [0, 0.05) is 23.0 Å². The minimum Gasteiger partial charge on any atom is -0.300 e. The largest absolute Gasteiger partial charge is 0.300 e. The Morgan fingerprint density at radius 3 is 2.29 bits per heavy atom. The lowest BCUT2D eigenvalue weighted by molar-refractivity contribution is -0.121. The molecule has 1 fully saturated rings. The minimum atomic E-state index is 0.373. The van der Waals surface area contributed by atoms with E-state index in [-0.39, 0.29) is 0 Å². The van der Waals surface area contributed by atoms with Crippen LogP contribution in [0, 0.1) is 5.92 Å². The molecule has 2 unspecified atom stereocenters. The summed E-state index contributed by atoms with van der Waals surface area (Å²) in [5.41, 5.74) is 1.34. The van der Waals surface area contributed by atoms with Gasteiger partial charge in [0.2, 0.25) is 0 Å². The van der Waals surface area contributed by atoms with Gasteiger partial charge in [0.25, 0.3) is 0 Å². The molecule has 2 atom stereocenters. The molecule has 0 saturated heterocycles. The topological polar surface area (TPSA) is 17.1 Å². The molecule has 1 aliphatic rings. The zero-order valence-corrected chi connectivity index (χ0v) is 12.9. The Morgan fingerprint density at radius 1 is 0.952 bits per heavy atom. The average Bonchev–Trinajstić information content (AvgIpc) is 2.54. The second-order valence-corrected chi connectivity index (χ2v) is 6.87. The normalized spacial score (nSPS) is 20.2. The third-order valence-electron chi connectivity index (χ3n) is 4.08. The molecule has 2 heteroatoms. The summed E-state index contributed by atoms with van der Waals surface area (Å²) < 4.78 is 0. The average molecular weight is 296 g/mol. The van der Waals surface area contributed by atoms with Crippen molar-refractivity contribution in [3.8, 4) is 0 Å². The highest BCUT2D eigenvalue weighted by Crippen LogP contribution is 2.45. The van der Waals surface area contributed by atoms with Crippen molar-refractivity contribution in [3.63, 3.8) is 0 Å². The summed E-state index contributed by atoms with van der Waals surface area (Å²) in [7, 11) is 0. The lowest BCUT2D eigenvalue weighted by Crippen LogP contribution is -2.20. The number of benzene rings is 2. The molecule has 0 spiro atoms. The molecular formula is C19H20OS. The van der Waals surface area contributed by atoms with Crippen LogP contribution in [0.3, 0.4) is 0 Å². The van der Waals surface area contributed by atoms with Gasteiger partial charge >= 0.3 is 0 Å². The molecule has 0 heterocycles. The maximum Gasteiger partial charge on any atom is 0.133 e. The molecular weight excluding hydrogens is 276 g/mol. The highest BCUT2D eigenvalue weighted by molar-refractivity contribution is 7.99. The van der Waals surface area contributed by atoms with E-state index in [1.165, 1.54) is 10.5 Å². The first kappa shape index (κ1) is 14.4. The fourth-order valence-electron chi connectivity index (χ4n) is 3.04. The van der Waals surface area contributed by atoms with Crippen LogP contribution in [0.25, 0.3) is 0 Å². The Morgan fingerprint density at radius 2 is 1.62 bits per heavy atom. The van der Waals surface area contributed by atoms with Crippen LogP contribution < -0.4 is 0 Å². The van der Waals surface area contributed by atoms with Crippen LogP contribution in [0.5, 0.6) is 0 Å². The molecule has 108 valence electrons. The van der Waals surface area contributed by atoms with Crippen LogP contribution in [0.2, 0.25) is 0 Å². The second kappa shape index (κ2) is 6.95. The number of rotatable bonds is 4. The van der Waals surface area contributed by atoms with Crippen LogP contribution in [-0.4, -0.2) is 5.78 Å². The minimum absolute atomic E-state index is 0.373. The summed E-state index contributed by atoms with van der Waals surface area (Å²) in [6, 6.07) is 21.2.